The standard InChI is InChI=1S/C12H20N2O2/c1-3-5-10(8-13)12(15)14-6-7-16-11(4-2)9-14/h10-11H,3-7,9H2,1-2H3. The molecule has 4 nitrogen and oxygen atoms in total. The molecule has 1 fully saturated rings. The molecule has 0 spiro atoms. The normalized spacial score (nSPS) is 22.6. The van der Waals surface area contributed by atoms with E-state index in [1.807, 2.05) is 13.8 Å². The Hall–Kier alpha value is -1.08. The zero-order valence-electron chi connectivity index (χ0n) is 10.1. The third-order valence-electron chi connectivity index (χ3n) is 2.94. The van der Waals surface area contributed by atoms with Crippen LogP contribution < -0.4 is 0 Å². The summed E-state index contributed by atoms with van der Waals surface area (Å²) in [6.45, 7) is 5.89. The summed E-state index contributed by atoms with van der Waals surface area (Å²) in [6.07, 6.45) is 2.57. The van der Waals surface area contributed by atoms with Gasteiger partial charge in [0, 0.05) is 13.1 Å². The molecule has 0 aliphatic carbocycles. The quantitative estimate of drug-likeness (QED) is 0.728. The van der Waals surface area contributed by atoms with Gasteiger partial charge < -0.3 is 9.64 Å². The number of morpholine rings is 1. The van der Waals surface area contributed by atoms with E-state index in [-0.39, 0.29) is 12.0 Å². The van der Waals surface area contributed by atoms with E-state index in [2.05, 4.69) is 6.07 Å². The predicted octanol–water partition coefficient (Wildman–Crippen LogP) is 1.56. The van der Waals surface area contributed by atoms with Gasteiger partial charge in [-0.25, -0.2) is 0 Å². The first kappa shape index (κ1) is 13.0. The van der Waals surface area contributed by atoms with Gasteiger partial charge in [-0.05, 0) is 12.8 Å². The third kappa shape index (κ3) is 3.21. The van der Waals surface area contributed by atoms with Crippen LogP contribution >= 0.6 is 0 Å². The second-order valence-corrected chi connectivity index (χ2v) is 4.16. The highest BCUT2D eigenvalue weighted by molar-refractivity contribution is 5.81. The highest BCUT2D eigenvalue weighted by Gasteiger charge is 2.28. The molecule has 1 amide bonds. The fourth-order valence-electron chi connectivity index (χ4n) is 1.92. The minimum atomic E-state index is -0.472. The average molecular weight is 224 g/mol. The van der Waals surface area contributed by atoms with Crippen LogP contribution in [0.2, 0.25) is 0 Å². The van der Waals surface area contributed by atoms with Gasteiger partial charge in [0.25, 0.3) is 0 Å². The molecule has 2 unspecified atom stereocenters. The second-order valence-electron chi connectivity index (χ2n) is 4.16. The van der Waals surface area contributed by atoms with Crippen molar-refractivity contribution in [3.8, 4) is 6.07 Å². The lowest BCUT2D eigenvalue weighted by atomic mass is 10.0. The fraction of sp³-hybridized carbons (Fsp3) is 0.833. The molecule has 1 rings (SSSR count). The second kappa shape index (κ2) is 6.49. The van der Waals surface area contributed by atoms with E-state index in [0.717, 1.165) is 12.8 Å². The maximum Gasteiger partial charge on any atom is 0.240 e. The molecule has 1 aliphatic heterocycles. The largest absolute Gasteiger partial charge is 0.375 e. The lowest BCUT2D eigenvalue weighted by Gasteiger charge is -2.33. The predicted molar refractivity (Wildman–Crippen MR) is 60.6 cm³/mol. The van der Waals surface area contributed by atoms with Crippen LogP contribution in [0, 0.1) is 17.2 Å². The summed E-state index contributed by atoms with van der Waals surface area (Å²) in [7, 11) is 0. The van der Waals surface area contributed by atoms with Crippen LogP contribution in [0.3, 0.4) is 0 Å². The van der Waals surface area contributed by atoms with Crippen LogP contribution in [0.15, 0.2) is 0 Å². The molecule has 0 aromatic rings. The van der Waals surface area contributed by atoms with Crippen LogP contribution in [0.25, 0.3) is 0 Å². The van der Waals surface area contributed by atoms with Crippen LogP contribution in [0.1, 0.15) is 33.1 Å². The smallest absolute Gasteiger partial charge is 0.240 e. The molecule has 0 aromatic carbocycles. The monoisotopic (exact) mass is 224 g/mol. The number of nitrogens with zero attached hydrogens (tertiary/aromatic N) is 2. The zero-order chi connectivity index (χ0) is 12.0. The van der Waals surface area contributed by atoms with E-state index in [0.29, 0.717) is 26.1 Å². The van der Waals surface area contributed by atoms with Gasteiger partial charge in [-0.1, -0.05) is 20.3 Å². The van der Waals surface area contributed by atoms with Crippen LogP contribution in [0.5, 0.6) is 0 Å². The Balaban J connectivity index is 2.55. The summed E-state index contributed by atoms with van der Waals surface area (Å²) >= 11 is 0. The van der Waals surface area contributed by atoms with E-state index in [1.54, 1.807) is 4.90 Å². The zero-order valence-corrected chi connectivity index (χ0v) is 10.1. The summed E-state index contributed by atoms with van der Waals surface area (Å²) in [6, 6.07) is 2.10. The number of hydrogen-bond donors (Lipinski definition) is 0. The lowest BCUT2D eigenvalue weighted by Crippen LogP contribution is -2.47. The van der Waals surface area contributed by atoms with Crippen molar-refractivity contribution in [3.05, 3.63) is 0 Å². The van der Waals surface area contributed by atoms with Crippen molar-refractivity contribution in [3.63, 3.8) is 0 Å². The summed E-state index contributed by atoms with van der Waals surface area (Å²) in [5.41, 5.74) is 0. The number of ether oxygens (including phenoxy) is 1. The average Bonchev–Trinajstić information content (AvgIpc) is 2.35. The maximum absolute atomic E-state index is 12.0. The van der Waals surface area contributed by atoms with Gasteiger partial charge in [0.15, 0.2) is 0 Å². The SMILES string of the molecule is CCCC(C#N)C(=O)N1CCOC(CC)C1. The molecule has 0 radical (unpaired) electrons. The molecule has 1 aliphatic rings. The van der Waals surface area contributed by atoms with E-state index >= 15 is 0 Å². The lowest BCUT2D eigenvalue weighted by molar-refractivity contribution is -0.141. The maximum atomic E-state index is 12.0. The molecular weight excluding hydrogens is 204 g/mol. The molecule has 90 valence electrons. The molecule has 0 N–H and O–H groups in total. The number of hydrogen-bond acceptors (Lipinski definition) is 3. The van der Waals surface area contributed by atoms with Crippen molar-refractivity contribution in [2.75, 3.05) is 19.7 Å². The number of rotatable bonds is 4. The molecule has 0 bridgehead atoms. The van der Waals surface area contributed by atoms with E-state index in [9.17, 15) is 4.79 Å². The molecule has 0 aromatic heterocycles. The Morgan fingerprint density at radius 1 is 1.62 bits per heavy atom. The van der Waals surface area contributed by atoms with Gasteiger partial charge in [-0.15, -0.1) is 0 Å². The van der Waals surface area contributed by atoms with Crippen LogP contribution in [0.4, 0.5) is 0 Å². The first-order chi connectivity index (χ1) is 7.72. The minimum Gasteiger partial charge on any atom is -0.375 e. The van der Waals surface area contributed by atoms with Crippen molar-refractivity contribution in [1.29, 1.82) is 5.26 Å². The highest BCUT2D eigenvalue weighted by atomic mass is 16.5. The van der Waals surface area contributed by atoms with E-state index in [1.165, 1.54) is 0 Å². The Kier molecular flexibility index (Phi) is 5.27. The van der Waals surface area contributed by atoms with Crippen molar-refractivity contribution < 1.29 is 9.53 Å². The van der Waals surface area contributed by atoms with Crippen molar-refractivity contribution >= 4 is 5.91 Å². The summed E-state index contributed by atoms with van der Waals surface area (Å²) in [5.74, 6) is -0.494. The highest BCUT2D eigenvalue weighted by Crippen LogP contribution is 2.14. The third-order valence-corrected chi connectivity index (χ3v) is 2.94. The first-order valence-corrected chi connectivity index (χ1v) is 6.02. The Morgan fingerprint density at radius 3 is 2.94 bits per heavy atom. The van der Waals surface area contributed by atoms with Crippen molar-refractivity contribution in [2.45, 2.75) is 39.2 Å². The van der Waals surface area contributed by atoms with Crippen LogP contribution in [-0.4, -0.2) is 36.6 Å². The summed E-state index contributed by atoms with van der Waals surface area (Å²) in [4.78, 5) is 13.8. The molecule has 1 heterocycles. The topological polar surface area (TPSA) is 53.3 Å². The van der Waals surface area contributed by atoms with Gasteiger partial charge in [-0.3, -0.25) is 4.79 Å². The number of amides is 1. The molecule has 0 saturated carbocycles. The number of carbonyl (C=O) groups is 1. The molecular formula is C12H20N2O2. The van der Waals surface area contributed by atoms with Gasteiger partial charge in [0.2, 0.25) is 5.91 Å². The molecule has 2 atom stereocenters. The molecule has 1 saturated heterocycles. The van der Waals surface area contributed by atoms with E-state index < -0.39 is 5.92 Å². The Bertz CT molecular complexity index is 273. The fourth-order valence-corrected chi connectivity index (χ4v) is 1.92. The Morgan fingerprint density at radius 2 is 2.38 bits per heavy atom. The van der Waals surface area contributed by atoms with Crippen molar-refractivity contribution in [2.24, 2.45) is 5.92 Å². The molecule has 16 heavy (non-hydrogen) atoms. The van der Waals surface area contributed by atoms with E-state index in [4.69, 9.17) is 10.00 Å². The van der Waals surface area contributed by atoms with Gasteiger partial charge >= 0.3 is 0 Å². The summed E-state index contributed by atoms with van der Waals surface area (Å²) < 4.78 is 5.50. The molecule has 4 heteroatoms. The first-order valence-electron chi connectivity index (χ1n) is 6.02. The van der Waals surface area contributed by atoms with Gasteiger partial charge in [0.05, 0.1) is 18.8 Å². The number of carbonyl (C=O) groups excluding carboxylic acids is 1. The summed E-state index contributed by atoms with van der Waals surface area (Å²) in [5, 5.41) is 8.95. The number of nitriles is 1. The minimum absolute atomic E-state index is 0.0221. The Labute approximate surface area is 97.2 Å². The van der Waals surface area contributed by atoms with Gasteiger partial charge in [0.1, 0.15) is 5.92 Å². The van der Waals surface area contributed by atoms with Crippen molar-refractivity contribution in [1.82, 2.24) is 4.90 Å². The van der Waals surface area contributed by atoms with Crippen LogP contribution in [-0.2, 0) is 9.53 Å². The van der Waals surface area contributed by atoms with Gasteiger partial charge in [-0.2, -0.15) is 5.26 Å².